The van der Waals surface area contributed by atoms with E-state index in [9.17, 15) is 9.59 Å². The summed E-state index contributed by atoms with van der Waals surface area (Å²) in [5.41, 5.74) is 5.50. The van der Waals surface area contributed by atoms with Gasteiger partial charge in [-0.2, -0.15) is 0 Å². The minimum atomic E-state index is -0.917. The zero-order chi connectivity index (χ0) is 25.3. The molecule has 8 heteroatoms. The maximum Gasteiger partial charge on any atom is 0.265 e. The molecular formula is C28H28ClN3O3S. The van der Waals surface area contributed by atoms with Crippen LogP contribution in [0.25, 0.3) is 0 Å². The Morgan fingerprint density at radius 3 is 2.47 bits per heavy atom. The fourth-order valence-electron chi connectivity index (χ4n) is 4.69. The van der Waals surface area contributed by atoms with E-state index >= 15 is 0 Å². The number of thioether (sulfide) groups is 1. The summed E-state index contributed by atoms with van der Waals surface area (Å²) in [4.78, 5) is 29.6. The molecule has 0 saturated carbocycles. The van der Waals surface area contributed by atoms with Crippen molar-refractivity contribution in [1.82, 2.24) is 10.4 Å². The number of hydrogen-bond donors (Lipinski definition) is 1. The number of anilines is 1. The van der Waals surface area contributed by atoms with Gasteiger partial charge in [0.05, 0.1) is 17.2 Å². The van der Waals surface area contributed by atoms with Crippen molar-refractivity contribution in [2.24, 2.45) is 0 Å². The van der Waals surface area contributed by atoms with Gasteiger partial charge in [0.15, 0.2) is 5.25 Å². The second-order valence-corrected chi connectivity index (χ2v) is 11.1. The first kappa shape index (κ1) is 24.7. The third kappa shape index (κ3) is 5.09. The summed E-state index contributed by atoms with van der Waals surface area (Å²) in [6, 6.07) is 24.7. The summed E-state index contributed by atoms with van der Waals surface area (Å²) in [5, 5.41) is 1.07. The summed E-state index contributed by atoms with van der Waals surface area (Å²) < 4.78 is 5.89. The average Bonchev–Trinajstić information content (AvgIpc) is 3.14. The van der Waals surface area contributed by atoms with Crippen LogP contribution in [0.1, 0.15) is 31.0 Å². The molecule has 2 heterocycles. The molecule has 0 aliphatic carbocycles. The Morgan fingerprint density at radius 1 is 1.00 bits per heavy atom. The maximum atomic E-state index is 13.6. The molecule has 1 N–H and O–H groups in total. The van der Waals surface area contributed by atoms with Gasteiger partial charge in [-0.15, -0.1) is 11.8 Å². The maximum absolute atomic E-state index is 13.6. The molecule has 0 bridgehead atoms. The van der Waals surface area contributed by atoms with Gasteiger partial charge in [0.1, 0.15) is 6.04 Å². The number of benzene rings is 3. The predicted octanol–water partition coefficient (Wildman–Crippen LogP) is 5.08. The molecule has 0 aromatic heterocycles. The quantitative estimate of drug-likeness (QED) is 0.458. The van der Waals surface area contributed by atoms with Crippen molar-refractivity contribution in [2.45, 2.75) is 35.6 Å². The van der Waals surface area contributed by atoms with E-state index in [1.54, 1.807) is 6.07 Å². The van der Waals surface area contributed by atoms with Crippen LogP contribution < -0.4 is 10.3 Å². The molecule has 2 atom stereocenters. The lowest BCUT2D eigenvalue weighted by molar-refractivity contribution is -0.131. The van der Waals surface area contributed by atoms with Gasteiger partial charge in [0.2, 0.25) is 0 Å². The first-order valence-corrected chi connectivity index (χ1v) is 13.2. The first-order chi connectivity index (χ1) is 17.3. The largest absolute Gasteiger partial charge is 0.372 e. The zero-order valence-corrected chi connectivity index (χ0v) is 21.8. The number of ether oxygens (including phenoxy) is 1. The van der Waals surface area contributed by atoms with Gasteiger partial charge in [-0.1, -0.05) is 66.2 Å². The van der Waals surface area contributed by atoms with Crippen molar-refractivity contribution >= 4 is 40.9 Å². The summed E-state index contributed by atoms with van der Waals surface area (Å²) in [7, 11) is 0. The number of morpholine rings is 1. The SMILES string of the molecule is CC1(C)CN(c2cccc(C(c3ccccc3)N3NC(=O)C(Sc4ccccc4Cl)C3=O)c2)CCO1. The number of amides is 2. The highest BCUT2D eigenvalue weighted by Crippen LogP contribution is 2.37. The predicted molar refractivity (Wildman–Crippen MR) is 143 cm³/mol. The van der Waals surface area contributed by atoms with Crippen LogP contribution in [0.3, 0.4) is 0 Å². The molecule has 186 valence electrons. The second-order valence-electron chi connectivity index (χ2n) is 9.55. The molecule has 2 saturated heterocycles. The number of hydrazine groups is 1. The van der Waals surface area contributed by atoms with Crippen molar-refractivity contribution in [1.29, 1.82) is 0 Å². The summed E-state index contributed by atoms with van der Waals surface area (Å²) in [6.45, 7) is 6.39. The highest BCUT2D eigenvalue weighted by molar-refractivity contribution is 8.01. The Labute approximate surface area is 220 Å². The standard InChI is InChI=1S/C28H28ClN3O3S/c1-28(2)18-31(15-16-35-28)21-12-8-11-20(17-21)24(19-9-4-3-5-10-19)32-27(34)25(26(33)30-32)36-23-14-7-6-13-22(23)29/h3-14,17,24-25H,15-16,18H2,1-2H3,(H,30,33). The average molecular weight is 522 g/mol. The van der Waals surface area contributed by atoms with E-state index in [1.165, 1.54) is 16.8 Å². The molecule has 3 aromatic carbocycles. The van der Waals surface area contributed by atoms with Crippen molar-refractivity contribution in [3.8, 4) is 0 Å². The molecule has 2 amide bonds. The molecule has 0 radical (unpaired) electrons. The molecule has 6 nitrogen and oxygen atoms in total. The summed E-state index contributed by atoms with van der Waals surface area (Å²) in [6.07, 6.45) is 0. The van der Waals surface area contributed by atoms with E-state index in [0.29, 0.717) is 16.5 Å². The monoisotopic (exact) mass is 521 g/mol. The minimum absolute atomic E-state index is 0.241. The summed E-state index contributed by atoms with van der Waals surface area (Å²) in [5.74, 6) is -0.645. The number of halogens is 1. The van der Waals surface area contributed by atoms with Crippen molar-refractivity contribution < 1.29 is 14.3 Å². The fourth-order valence-corrected chi connectivity index (χ4v) is 5.92. The summed E-state index contributed by atoms with van der Waals surface area (Å²) >= 11 is 7.48. The molecular weight excluding hydrogens is 494 g/mol. The lowest BCUT2D eigenvalue weighted by atomic mass is 9.97. The van der Waals surface area contributed by atoms with Crippen LogP contribution in [0.5, 0.6) is 0 Å². The van der Waals surface area contributed by atoms with Gasteiger partial charge in [0.25, 0.3) is 11.8 Å². The van der Waals surface area contributed by atoms with Gasteiger partial charge in [-0.05, 0) is 49.2 Å². The molecule has 2 unspecified atom stereocenters. The molecule has 2 aliphatic heterocycles. The van der Waals surface area contributed by atoms with Crippen molar-refractivity contribution in [3.05, 3.63) is 95.0 Å². The molecule has 0 spiro atoms. The number of carbonyl (C=O) groups is 2. The Hall–Kier alpha value is -3.00. The molecule has 2 fully saturated rings. The smallest absolute Gasteiger partial charge is 0.265 e. The van der Waals surface area contributed by atoms with E-state index in [4.69, 9.17) is 16.3 Å². The third-order valence-corrected chi connectivity index (χ3v) is 8.07. The topological polar surface area (TPSA) is 61.9 Å². The minimum Gasteiger partial charge on any atom is -0.372 e. The van der Waals surface area contributed by atoms with Gasteiger partial charge in [0, 0.05) is 23.7 Å². The van der Waals surface area contributed by atoms with Crippen LogP contribution in [0.2, 0.25) is 5.02 Å². The zero-order valence-electron chi connectivity index (χ0n) is 20.2. The van der Waals surface area contributed by atoms with E-state index in [0.717, 1.165) is 29.9 Å². The highest BCUT2D eigenvalue weighted by atomic mass is 35.5. The Balaban J connectivity index is 1.48. The van der Waals surface area contributed by atoms with Gasteiger partial charge >= 0.3 is 0 Å². The van der Waals surface area contributed by atoms with Gasteiger partial charge < -0.3 is 9.64 Å². The molecule has 36 heavy (non-hydrogen) atoms. The normalized spacial score (nSPS) is 20.4. The third-order valence-electron chi connectivity index (χ3n) is 6.36. The molecule has 3 aromatic rings. The van der Waals surface area contributed by atoms with E-state index in [2.05, 4.69) is 36.3 Å². The van der Waals surface area contributed by atoms with Crippen LogP contribution in [0.15, 0.2) is 83.8 Å². The molecule has 2 aliphatic rings. The van der Waals surface area contributed by atoms with E-state index in [1.807, 2.05) is 60.7 Å². The van der Waals surface area contributed by atoms with E-state index in [-0.39, 0.29) is 17.4 Å². The number of nitrogens with zero attached hydrogens (tertiary/aromatic N) is 2. The van der Waals surface area contributed by atoms with Crippen LogP contribution in [-0.2, 0) is 14.3 Å². The lowest BCUT2D eigenvalue weighted by Crippen LogP contribution is -2.48. The van der Waals surface area contributed by atoms with E-state index < -0.39 is 11.3 Å². The first-order valence-electron chi connectivity index (χ1n) is 11.9. The lowest BCUT2D eigenvalue weighted by Gasteiger charge is -2.40. The molecule has 5 rings (SSSR count). The number of hydrogen-bond acceptors (Lipinski definition) is 5. The van der Waals surface area contributed by atoms with Crippen LogP contribution in [0, 0.1) is 0 Å². The van der Waals surface area contributed by atoms with Crippen LogP contribution in [0.4, 0.5) is 5.69 Å². The number of carbonyl (C=O) groups excluding carboxylic acids is 2. The Morgan fingerprint density at radius 2 is 1.72 bits per heavy atom. The second kappa shape index (κ2) is 10.2. The number of nitrogens with one attached hydrogen (secondary N) is 1. The van der Waals surface area contributed by atoms with Gasteiger partial charge in [-0.3, -0.25) is 15.0 Å². The van der Waals surface area contributed by atoms with Crippen molar-refractivity contribution in [3.63, 3.8) is 0 Å². The van der Waals surface area contributed by atoms with Crippen molar-refractivity contribution in [2.75, 3.05) is 24.6 Å². The van der Waals surface area contributed by atoms with Crippen LogP contribution in [-0.4, -0.2) is 47.4 Å². The fraction of sp³-hybridized carbons (Fsp3) is 0.286. The van der Waals surface area contributed by atoms with Gasteiger partial charge in [-0.25, -0.2) is 5.01 Å². The highest BCUT2D eigenvalue weighted by Gasteiger charge is 2.44. The van der Waals surface area contributed by atoms with Crippen LogP contribution >= 0.6 is 23.4 Å². The number of rotatable bonds is 6. The Kier molecular flexibility index (Phi) is 6.97. The Bertz CT molecular complexity index is 1270.